The van der Waals surface area contributed by atoms with E-state index in [2.05, 4.69) is 33.9 Å². The van der Waals surface area contributed by atoms with Gasteiger partial charge in [-0.05, 0) is 18.1 Å². The molecule has 0 fully saturated rings. The first-order chi connectivity index (χ1) is 5.67. The van der Waals surface area contributed by atoms with Crippen molar-refractivity contribution < 1.29 is 14.0 Å². The standard InChI is InChI=1S/C9H20O3Si/c1-8(10)11-7-12-13(5,6)9(2,3)4/h7H2,1-6H3. The van der Waals surface area contributed by atoms with Crippen LogP contribution < -0.4 is 0 Å². The molecule has 0 N–H and O–H groups in total. The molecule has 0 heterocycles. The molecule has 3 nitrogen and oxygen atoms in total. The van der Waals surface area contributed by atoms with Gasteiger partial charge in [0.15, 0.2) is 15.1 Å². The number of esters is 1. The van der Waals surface area contributed by atoms with Crippen molar-refractivity contribution in [2.75, 3.05) is 6.79 Å². The largest absolute Gasteiger partial charge is 0.440 e. The highest BCUT2D eigenvalue weighted by Gasteiger charge is 2.37. The van der Waals surface area contributed by atoms with Crippen molar-refractivity contribution in [2.24, 2.45) is 0 Å². The van der Waals surface area contributed by atoms with Crippen LogP contribution in [0.3, 0.4) is 0 Å². The summed E-state index contributed by atoms with van der Waals surface area (Å²) in [6.45, 7) is 12.2. The molecule has 0 unspecified atom stereocenters. The van der Waals surface area contributed by atoms with Gasteiger partial charge in [-0.15, -0.1) is 0 Å². The van der Waals surface area contributed by atoms with Gasteiger partial charge in [-0.3, -0.25) is 4.79 Å². The Bertz CT molecular complexity index is 182. The Balaban J connectivity index is 3.97. The maximum atomic E-state index is 10.5. The molecule has 0 radical (unpaired) electrons. The predicted octanol–water partition coefficient (Wildman–Crippen LogP) is 2.53. The molecule has 0 aromatic rings. The Labute approximate surface area is 81.6 Å². The van der Waals surface area contributed by atoms with Gasteiger partial charge in [-0.2, -0.15) is 0 Å². The number of rotatable bonds is 3. The van der Waals surface area contributed by atoms with Crippen LogP contribution in [0.25, 0.3) is 0 Å². The summed E-state index contributed by atoms with van der Waals surface area (Å²) in [7, 11) is -1.75. The van der Waals surface area contributed by atoms with E-state index in [0.29, 0.717) is 0 Å². The molecular weight excluding hydrogens is 184 g/mol. The topological polar surface area (TPSA) is 35.5 Å². The van der Waals surface area contributed by atoms with Crippen LogP contribution >= 0.6 is 0 Å². The molecule has 0 spiro atoms. The van der Waals surface area contributed by atoms with Crippen molar-refractivity contribution in [1.29, 1.82) is 0 Å². The summed E-state index contributed by atoms with van der Waals surface area (Å²) >= 11 is 0. The van der Waals surface area contributed by atoms with E-state index in [1.165, 1.54) is 6.92 Å². The van der Waals surface area contributed by atoms with Crippen LogP contribution in [-0.4, -0.2) is 21.1 Å². The Morgan fingerprint density at radius 1 is 1.31 bits per heavy atom. The first-order valence-electron chi connectivity index (χ1n) is 4.44. The zero-order chi connectivity index (χ0) is 10.7. The average molecular weight is 204 g/mol. The molecule has 0 aliphatic rings. The van der Waals surface area contributed by atoms with Gasteiger partial charge < -0.3 is 9.16 Å². The molecule has 0 aromatic heterocycles. The Morgan fingerprint density at radius 3 is 2.08 bits per heavy atom. The Hall–Kier alpha value is -0.353. The van der Waals surface area contributed by atoms with E-state index in [4.69, 9.17) is 9.16 Å². The second-order valence-electron chi connectivity index (χ2n) is 4.66. The van der Waals surface area contributed by atoms with E-state index in [9.17, 15) is 4.79 Å². The quantitative estimate of drug-likeness (QED) is 0.402. The van der Waals surface area contributed by atoms with Crippen LogP contribution in [0.15, 0.2) is 0 Å². The van der Waals surface area contributed by atoms with E-state index in [1.54, 1.807) is 0 Å². The first kappa shape index (κ1) is 12.6. The highest BCUT2D eigenvalue weighted by molar-refractivity contribution is 6.74. The predicted molar refractivity (Wildman–Crippen MR) is 54.9 cm³/mol. The van der Waals surface area contributed by atoms with Crippen molar-refractivity contribution in [1.82, 2.24) is 0 Å². The molecule has 0 bridgehead atoms. The van der Waals surface area contributed by atoms with Gasteiger partial charge in [0.1, 0.15) is 0 Å². The second-order valence-corrected chi connectivity index (χ2v) is 9.47. The van der Waals surface area contributed by atoms with Crippen molar-refractivity contribution in [3.8, 4) is 0 Å². The van der Waals surface area contributed by atoms with Gasteiger partial charge in [0.2, 0.25) is 0 Å². The van der Waals surface area contributed by atoms with Crippen molar-refractivity contribution in [3.63, 3.8) is 0 Å². The van der Waals surface area contributed by atoms with Crippen molar-refractivity contribution in [3.05, 3.63) is 0 Å². The smallest absolute Gasteiger partial charge is 0.304 e. The van der Waals surface area contributed by atoms with Crippen LogP contribution in [0.4, 0.5) is 0 Å². The normalized spacial score (nSPS) is 12.8. The lowest BCUT2D eigenvalue weighted by atomic mass is 10.2. The minimum atomic E-state index is -1.75. The lowest BCUT2D eigenvalue weighted by molar-refractivity contribution is -0.148. The second kappa shape index (κ2) is 4.24. The summed E-state index contributed by atoms with van der Waals surface area (Å²) in [5, 5.41) is 0.160. The van der Waals surface area contributed by atoms with Gasteiger partial charge in [0, 0.05) is 6.92 Å². The monoisotopic (exact) mass is 204 g/mol. The van der Waals surface area contributed by atoms with Crippen LogP contribution in [0.5, 0.6) is 0 Å². The van der Waals surface area contributed by atoms with Crippen molar-refractivity contribution in [2.45, 2.75) is 45.8 Å². The maximum Gasteiger partial charge on any atom is 0.304 e. The van der Waals surface area contributed by atoms with Crippen LogP contribution in [0.2, 0.25) is 18.1 Å². The summed E-state index contributed by atoms with van der Waals surface area (Å²) in [6.07, 6.45) is 0. The van der Waals surface area contributed by atoms with E-state index in [1.807, 2.05) is 0 Å². The zero-order valence-electron chi connectivity index (χ0n) is 9.43. The molecule has 0 aromatic carbocycles. The summed E-state index contributed by atoms with van der Waals surface area (Å²) in [6, 6.07) is 0. The van der Waals surface area contributed by atoms with Crippen LogP contribution in [0, 0.1) is 0 Å². The Morgan fingerprint density at radius 2 is 1.77 bits per heavy atom. The van der Waals surface area contributed by atoms with E-state index < -0.39 is 8.32 Å². The summed E-state index contributed by atoms with van der Waals surface area (Å²) in [5.41, 5.74) is 0. The zero-order valence-corrected chi connectivity index (χ0v) is 10.4. The number of carbonyl (C=O) groups is 1. The summed E-state index contributed by atoms with van der Waals surface area (Å²) < 4.78 is 10.3. The third-order valence-electron chi connectivity index (χ3n) is 2.49. The average Bonchev–Trinajstić information content (AvgIpc) is 1.82. The van der Waals surface area contributed by atoms with Crippen LogP contribution in [-0.2, 0) is 14.0 Å². The van der Waals surface area contributed by atoms with Gasteiger partial charge in [-0.25, -0.2) is 0 Å². The molecule has 0 rings (SSSR count). The number of hydrogen-bond acceptors (Lipinski definition) is 3. The fourth-order valence-electron chi connectivity index (χ4n) is 0.476. The molecule has 0 aliphatic heterocycles. The molecule has 0 aliphatic carbocycles. The molecule has 0 saturated heterocycles. The molecule has 0 saturated carbocycles. The number of carbonyl (C=O) groups excluding carboxylic acids is 1. The third-order valence-corrected chi connectivity index (χ3v) is 6.94. The van der Waals surface area contributed by atoms with Gasteiger partial charge in [0.25, 0.3) is 0 Å². The lowest BCUT2D eigenvalue weighted by Crippen LogP contribution is -2.41. The van der Waals surface area contributed by atoms with Crippen LogP contribution in [0.1, 0.15) is 27.7 Å². The SMILES string of the molecule is CC(=O)OCO[Si](C)(C)C(C)(C)C. The first-order valence-corrected chi connectivity index (χ1v) is 7.35. The molecule has 13 heavy (non-hydrogen) atoms. The fourth-order valence-corrected chi connectivity index (χ4v) is 1.26. The summed E-state index contributed by atoms with van der Waals surface area (Å²) in [4.78, 5) is 10.5. The van der Waals surface area contributed by atoms with Gasteiger partial charge in [-0.1, -0.05) is 20.8 Å². The minimum absolute atomic E-state index is 0.0891. The molecule has 0 atom stereocenters. The van der Waals surface area contributed by atoms with E-state index in [-0.39, 0.29) is 17.8 Å². The minimum Gasteiger partial charge on any atom is -0.440 e. The van der Waals surface area contributed by atoms with E-state index in [0.717, 1.165) is 0 Å². The van der Waals surface area contributed by atoms with Gasteiger partial charge >= 0.3 is 5.97 Å². The lowest BCUT2D eigenvalue weighted by Gasteiger charge is -2.35. The molecular formula is C9H20O3Si. The van der Waals surface area contributed by atoms with Gasteiger partial charge in [0.05, 0.1) is 0 Å². The fraction of sp³-hybridized carbons (Fsp3) is 0.889. The molecule has 4 heteroatoms. The van der Waals surface area contributed by atoms with Crippen molar-refractivity contribution >= 4 is 14.3 Å². The van der Waals surface area contributed by atoms with E-state index >= 15 is 0 Å². The third kappa shape index (κ3) is 4.43. The molecule has 0 amide bonds. The maximum absolute atomic E-state index is 10.5. The number of hydrogen-bond donors (Lipinski definition) is 0. The summed E-state index contributed by atoms with van der Waals surface area (Å²) in [5.74, 6) is -0.293. The highest BCUT2D eigenvalue weighted by Crippen LogP contribution is 2.36. The molecule has 78 valence electrons. The highest BCUT2D eigenvalue weighted by atomic mass is 28.4. The number of ether oxygens (including phenoxy) is 1. The Kier molecular flexibility index (Phi) is 4.12.